The van der Waals surface area contributed by atoms with E-state index in [1.807, 2.05) is 0 Å². The van der Waals surface area contributed by atoms with Crippen LogP contribution in [0.15, 0.2) is 0 Å². The van der Waals surface area contributed by atoms with Gasteiger partial charge in [-0.15, -0.1) is 0 Å². The molecular formula is C12H25NO2. The second kappa shape index (κ2) is 5.83. The first-order valence-electron chi connectivity index (χ1n) is 6.05. The summed E-state index contributed by atoms with van der Waals surface area (Å²) < 4.78 is 5.89. The molecule has 0 aromatic rings. The van der Waals surface area contributed by atoms with Crippen LogP contribution < -0.4 is 5.32 Å². The molecule has 2 unspecified atom stereocenters. The first-order valence-corrected chi connectivity index (χ1v) is 6.05. The average molecular weight is 215 g/mol. The van der Waals surface area contributed by atoms with Crippen LogP contribution in [0.4, 0.5) is 0 Å². The highest BCUT2D eigenvalue weighted by Gasteiger charge is 2.31. The minimum absolute atomic E-state index is 0.0701. The van der Waals surface area contributed by atoms with E-state index in [4.69, 9.17) is 9.84 Å². The van der Waals surface area contributed by atoms with Gasteiger partial charge < -0.3 is 15.2 Å². The van der Waals surface area contributed by atoms with Crippen LogP contribution in [0.1, 0.15) is 46.5 Å². The van der Waals surface area contributed by atoms with Crippen molar-refractivity contribution < 1.29 is 9.84 Å². The molecule has 0 bridgehead atoms. The summed E-state index contributed by atoms with van der Waals surface area (Å²) in [4.78, 5) is 0. The van der Waals surface area contributed by atoms with E-state index in [-0.39, 0.29) is 5.60 Å². The van der Waals surface area contributed by atoms with Gasteiger partial charge in [0.1, 0.15) is 0 Å². The lowest BCUT2D eigenvalue weighted by atomic mass is 10.1. The highest BCUT2D eigenvalue weighted by molar-refractivity contribution is 4.82. The fourth-order valence-electron chi connectivity index (χ4n) is 2.05. The van der Waals surface area contributed by atoms with Gasteiger partial charge in [-0.1, -0.05) is 0 Å². The summed E-state index contributed by atoms with van der Waals surface area (Å²) in [6.45, 7) is 7.70. The van der Waals surface area contributed by atoms with E-state index in [0.29, 0.717) is 18.8 Å². The molecule has 0 aliphatic carbocycles. The number of aliphatic hydroxyl groups is 1. The third-order valence-electron chi connectivity index (χ3n) is 3.04. The summed E-state index contributed by atoms with van der Waals surface area (Å²) in [5, 5.41) is 12.2. The van der Waals surface area contributed by atoms with Crippen molar-refractivity contribution in [2.45, 2.75) is 64.2 Å². The highest BCUT2D eigenvalue weighted by Crippen LogP contribution is 2.28. The molecule has 1 aliphatic rings. The van der Waals surface area contributed by atoms with Crippen molar-refractivity contribution in [1.82, 2.24) is 5.32 Å². The summed E-state index contributed by atoms with van der Waals surface area (Å²) in [7, 11) is 0. The van der Waals surface area contributed by atoms with Crippen molar-refractivity contribution in [2.24, 2.45) is 0 Å². The lowest BCUT2D eigenvalue weighted by molar-refractivity contribution is -0.0151. The Bertz CT molecular complexity index is 182. The van der Waals surface area contributed by atoms with Gasteiger partial charge in [0.25, 0.3) is 0 Å². The average Bonchev–Trinajstić information content (AvgIpc) is 2.52. The summed E-state index contributed by atoms with van der Waals surface area (Å²) in [5.41, 5.74) is 0.0701. The largest absolute Gasteiger partial charge is 0.396 e. The van der Waals surface area contributed by atoms with Crippen LogP contribution >= 0.6 is 0 Å². The maximum atomic E-state index is 8.71. The van der Waals surface area contributed by atoms with Gasteiger partial charge in [0, 0.05) is 19.2 Å². The number of hydrogen-bond acceptors (Lipinski definition) is 3. The Morgan fingerprint density at radius 1 is 1.53 bits per heavy atom. The van der Waals surface area contributed by atoms with Gasteiger partial charge in [-0.3, -0.25) is 0 Å². The van der Waals surface area contributed by atoms with Crippen molar-refractivity contribution >= 4 is 0 Å². The van der Waals surface area contributed by atoms with Crippen LogP contribution in [0.5, 0.6) is 0 Å². The molecule has 0 amide bonds. The highest BCUT2D eigenvalue weighted by atomic mass is 16.5. The lowest BCUT2D eigenvalue weighted by Gasteiger charge is -2.21. The van der Waals surface area contributed by atoms with E-state index in [1.165, 1.54) is 0 Å². The van der Waals surface area contributed by atoms with Crippen LogP contribution in [0, 0.1) is 0 Å². The smallest absolute Gasteiger partial charge is 0.0707 e. The quantitative estimate of drug-likeness (QED) is 0.708. The Morgan fingerprint density at radius 3 is 2.80 bits per heavy atom. The molecule has 15 heavy (non-hydrogen) atoms. The van der Waals surface area contributed by atoms with Crippen molar-refractivity contribution in [3.05, 3.63) is 0 Å². The molecule has 0 aromatic carbocycles. The summed E-state index contributed by atoms with van der Waals surface area (Å²) in [5.74, 6) is 0. The first kappa shape index (κ1) is 12.9. The predicted molar refractivity (Wildman–Crippen MR) is 62.0 cm³/mol. The minimum Gasteiger partial charge on any atom is -0.396 e. The van der Waals surface area contributed by atoms with Crippen LogP contribution in [-0.4, -0.2) is 36.0 Å². The zero-order valence-electron chi connectivity index (χ0n) is 10.3. The second-order valence-electron chi connectivity index (χ2n) is 5.21. The van der Waals surface area contributed by atoms with Gasteiger partial charge >= 0.3 is 0 Å². The molecule has 3 nitrogen and oxygen atoms in total. The van der Waals surface area contributed by atoms with Gasteiger partial charge in [0.05, 0.1) is 11.7 Å². The molecule has 1 fully saturated rings. The fraction of sp³-hybridized carbons (Fsp3) is 1.00. The molecule has 0 saturated carbocycles. The zero-order chi connectivity index (χ0) is 11.3. The van der Waals surface area contributed by atoms with Crippen molar-refractivity contribution in [3.8, 4) is 0 Å². The fourth-order valence-corrected chi connectivity index (χ4v) is 2.05. The summed E-state index contributed by atoms with van der Waals surface area (Å²) in [6, 6.07) is 0.476. The first-order chi connectivity index (χ1) is 7.03. The monoisotopic (exact) mass is 215 g/mol. The third-order valence-corrected chi connectivity index (χ3v) is 3.04. The standard InChI is InChI=1S/C12H25NO2/c1-10(5-4-8-14)13-9-11-6-7-12(2,3)15-11/h10-11,13-14H,4-9H2,1-3H3. The second-order valence-corrected chi connectivity index (χ2v) is 5.21. The molecule has 1 rings (SSSR count). The summed E-state index contributed by atoms with van der Waals surface area (Å²) >= 11 is 0. The third kappa shape index (κ3) is 4.96. The Morgan fingerprint density at radius 2 is 2.27 bits per heavy atom. The van der Waals surface area contributed by atoms with Crippen LogP contribution in [0.25, 0.3) is 0 Å². The van der Waals surface area contributed by atoms with E-state index < -0.39 is 0 Å². The Kier molecular flexibility index (Phi) is 5.03. The molecule has 1 saturated heterocycles. The van der Waals surface area contributed by atoms with Crippen molar-refractivity contribution in [3.63, 3.8) is 0 Å². The minimum atomic E-state index is 0.0701. The number of nitrogens with one attached hydrogen (secondary N) is 1. The van der Waals surface area contributed by atoms with Crippen LogP contribution in [0.2, 0.25) is 0 Å². The molecular weight excluding hydrogens is 190 g/mol. The van der Waals surface area contributed by atoms with Gasteiger partial charge in [0.2, 0.25) is 0 Å². The molecule has 90 valence electrons. The number of ether oxygens (including phenoxy) is 1. The van der Waals surface area contributed by atoms with Gasteiger partial charge in [0.15, 0.2) is 0 Å². The Hall–Kier alpha value is -0.120. The molecule has 1 aliphatic heterocycles. The summed E-state index contributed by atoms with van der Waals surface area (Å²) in [6.07, 6.45) is 4.60. The topological polar surface area (TPSA) is 41.5 Å². The zero-order valence-corrected chi connectivity index (χ0v) is 10.3. The molecule has 0 aromatic heterocycles. The van der Waals surface area contributed by atoms with Crippen molar-refractivity contribution in [2.75, 3.05) is 13.2 Å². The molecule has 0 radical (unpaired) electrons. The van der Waals surface area contributed by atoms with E-state index in [0.717, 1.165) is 32.2 Å². The molecule has 1 heterocycles. The van der Waals surface area contributed by atoms with E-state index >= 15 is 0 Å². The van der Waals surface area contributed by atoms with Gasteiger partial charge in [-0.05, 0) is 46.5 Å². The maximum Gasteiger partial charge on any atom is 0.0707 e. The van der Waals surface area contributed by atoms with Crippen molar-refractivity contribution in [1.29, 1.82) is 0 Å². The van der Waals surface area contributed by atoms with E-state index in [1.54, 1.807) is 0 Å². The van der Waals surface area contributed by atoms with Gasteiger partial charge in [-0.2, -0.15) is 0 Å². The maximum absolute atomic E-state index is 8.71. The molecule has 2 atom stereocenters. The van der Waals surface area contributed by atoms with E-state index in [9.17, 15) is 0 Å². The number of rotatable bonds is 6. The Labute approximate surface area is 93.2 Å². The molecule has 2 N–H and O–H groups in total. The van der Waals surface area contributed by atoms with Crippen LogP contribution in [-0.2, 0) is 4.74 Å². The number of aliphatic hydroxyl groups excluding tert-OH is 1. The number of hydrogen-bond donors (Lipinski definition) is 2. The van der Waals surface area contributed by atoms with E-state index in [2.05, 4.69) is 26.1 Å². The SMILES string of the molecule is CC(CCCO)NCC1CCC(C)(C)O1. The molecule has 0 spiro atoms. The predicted octanol–water partition coefficient (Wildman–Crippen LogP) is 1.69. The van der Waals surface area contributed by atoms with Crippen LogP contribution in [0.3, 0.4) is 0 Å². The molecule has 3 heteroatoms. The lowest BCUT2D eigenvalue weighted by Crippen LogP contribution is -2.35. The Balaban J connectivity index is 2.10. The van der Waals surface area contributed by atoms with Gasteiger partial charge in [-0.25, -0.2) is 0 Å². The normalized spacial score (nSPS) is 26.8.